The number of aromatic nitrogens is 2. The first-order chi connectivity index (χ1) is 9.55. The number of nitrogens with one attached hydrogen (secondary N) is 1. The van der Waals surface area contributed by atoms with E-state index in [0.717, 1.165) is 18.5 Å². The SMILES string of the molecule is Nc1ccc(CS(=O)(=O)NCCCn2ccnc2)cc1. The standard InChI is InChI=1S/C13H18N4O2S/c14-13-4-2-12(3-5-13)10-20(18,19)16-6-1-8-17-9-7-15-11-17/h2-5,7,9,11,16H,1,6,8,10,14H2. The summed E-state index contributed by atoms with van der Waals surface area (Å²) in [7, 11) is -3.30. The molecular weight excluding hydrogens is 276 g/mol. The van der Waals surface area contributed by atoms with E-state index in [-0.39, 0.29) is 5.75 Å². The summed E-state index contributed by atoms with van der Waals surface area (Å²) in [6.07, 6.45) is 5.98. The summed E-state index contributed by atoms with van der Waals surface area (Å²) in [5, 5.41) is 0. The molecule has 7 heteroatoms. The van der Waals surface area contributed by atoms with Gasteiger partial charge < -0.3 is 10.3 Å². The average molecular weight is 294 g/mol. The zero-order chi connectivity index (χ0) is 14.4. The first-order valence-electron chi connectivity index (χ1n) is 6.33. The predicted octanol–water partition coefficient (Wildman–Crippen LogP) is 0.975. The van der Waals surface area contributed by atoms with E-state index in [1.165, 1.54) is 0 Å². The smallest absolute Gasteiger partial charge is 0.215 e. The highest BCUT2D eigenvalue weighted by Gasteiger charge is 2.10. The molecule has 6 nitrogen and oxygen atoms in total. The third kappa shape index (κ3) is 4.67. The van der Waals surface area contributed by atoms with Gasteiger partial charge in [-0.1, -0.05) is 12.1 Å². The number of nitrogens with zero attached hydrogens (tertiary/aromatic N) is 2. The molecular formula is C13H18N4O2S. The van der Waals surface area contributed by atoms with Crippen molar-refractivity contribution in [1.82, 2.24) is 14.3 Å². The van der Waals surface area contributed by atoms with Crippen molar-refractivity contribution in [2.24, 2.45) is 0 Å². The largest absolute Gasteiger partial charge is 0.399 e. The Bertz CT molecular complexity index is 621. The Balaban J connectivity index is 1.77. The maximum absolute atomic E-state index is 11.9. The van der Waals surface area contributed by atoms with Gasteiger partial charge in [0.1, 0.15) is 0 Å². The van der Waals surface area contributed by atoms with E-state index < -0.39 is 10.0 Å². The molecule has 2 rings (SSSR count). The summed E-state index contributed by atoms with van der Waals surface area (Å²) in [5.74, 6) is -0.0294. The normalized spacial score (nSPS) is 11.6. The summed E-state index contributed by atoms with van der Waals surface area (Å²) in [6, 6.07) is 6.84. The highest BCUT2D eigenvalue weighted by molar-refractivity contribution is 7.88. The number of benzene rings is 1. The van der Waals surface area contributed by atoms with Gasteiger partial charge in [-0.2, -0.15) is 0 Å². The summed E-state index contributed by atoms with van der Waals surface area (Å²) in [6.45, 7) is 1.15. The molecule has 2 aromatic rings. The second-order valence-corrected chi connectivity index (χ2v) is 6.36. The fourth-order valence-corrected chi connectivity index (χ4v) is 2.98. The Labute approximate surface area is 118 Å². The molecule has 3 N–H and O–H groups in total. The Morgan fingerprint density at radius 1 is 1.25 bits per heavy atom. The highest BCUT2D eigenvalue weighted by Crippen LogP contribution is 2.08. The van der Waals surface area contributed by atoms with Crippen LogP contribution in [0.2, 0.25) is 0 Å². The minimum absolute atomic E-state index is 0.0294. The Hall–Kier alpha value is -1.86. The van der Waals surface area contributed by atoms with Crippen LogP contribution < -0.4 is 10.5 Å². The molecule has 0 aliphatic carbocycles. The molecule has 0 bridgehead atoms. The van der Waals surface area contributed by atoms with Crippen molar-refractivity contribution in [2.45, 2.75) is 18.7 Å². The third-order valence-electron chi connectivity index (χ3n) is 2.81. The first-order valence-corrected chi connectivity index (χ1v) is 7.98. The van der Waals surface area contributed by atoms with Gasteiger partial charge in [0.05, 0.1) is 12.1 Å². The van der Waals surface area contributed by atoms with Crippen LogP contribution in [0.5, 0.6) is 0 Å². The lowest BCUT2D eigenvalue weighted by Gasteiger charge is -2.07. The second-order valence-electron chi connectivity index (χ2n) is 4.55. The number of sulfonamides is 1. The van der Waals surface area contributed by atoms with Gasteiger partial charge in [0.2, 0.25) is 10.0 Å². The highest BCUT2D eigenvalue weighted by atomic mass is 32.2. The van der Waals surface area contributed by atoms with Gasteiger partial charge in [0.15, 0.2) is 0 Å². The van der Waals surface area contributed by atoms with Crippen LogP contribution in [-0.4, -0.2) is 24.5 Å². The molecule has 0 spiro atoms. The Kier molecular flexibility index (Phi) is 4.75. The van der Waals surface area contributed by atoms with E-state index in [0.29, 0.717) is 12.2 Å². The number of rotatable bonds is 7. The van der Waals surface area contributed by atoms with E-state index in [9.17, 15) is 8.42 Å². The summed E-state index contributed by atoms with van der Waals surface area (Å²) >= 11 is 0. The zero-order valence-corrected chi connectivity index (χ0v) is 11.9. The van der Waals surface area contributed by atoms with Crippen molar-refractivity contribution in [3.63, 3.8) is 0 Å². The van der Waals surface area contributed by atoms with Gasteiger partial charge >= 0.3 is 0 Å². The molecule has 0 fully saturated rings. The van der Waals surface area contributed by atoms with E-state index in [1.54, 1.807) is 36.8 Å². The van der Waals surface area contributed by atoms with Gasteiger partial charge in [0.25, 0.3) is 0 Å². The molecule has 0 aliphatic heterocycles. The number of imidazole rings is 1. The molecule has 0 amide bonds. The maximum Gasteiger partial charge on any atom is 0.215 e. The van der Waals surface area contributed by atoms with Gasteiger partial charge in [0, 0.05) is 31.2 Å². The quantitative estimate of drug-likeness (QED) is 0.588. The van der Waals surface area contributed by atoms with Crippen molar-refractivity contribution >= 4 is 15.7 Å². The van der Waals surface area contributed by atoms with Gasteiger partial charge in [-0.25, -0.2) is 18.1 Å². The van der Waals surface area contributed by atoms with Crippen LogP contribution in [-0.2, 0) is 22.3 Å². The van der Waals surface area contributed by atoms with E-state index >= 15 is 0 Å². The van der Waals surface area contributed by atoms with Crippen molar-refractivity contribution in [1.29, 1.82) is 0 Å². The molecule has 20 heavy (non-hydrogen) atoms. The minimum atomic E-state index is -3.30. The predicted molar refractivity (Wildman–Crippen MR) is 78.3 cm³/mol. The number of hydrogen-bond acceptors (Lipinski definition) is 4. The molecule has 0 saturated carbocycles. The van der Waals surface area contributed by atoms with Crippen molar-refractivity contribution in [3.05, 3.63) is 48.5 Å². The molecule has 0 saturated heterocycles. The third-order valence-corrected chi connectivity index (χ3v) is 4.17. The molecule has 0 unspecified atom stereocenters. The van der Waals surface area contributed by atoms with E-state index in [1.807, 2.05) is 10.8 Å². The summed E-state index contributed by atoms with van der Waals surface area (Å²) in [5.41, 5.74) is 6.91. The van der Waals surface area contributed by atoms with Crippen molar-refractivity contribution in [3.8, 4) is 0 Å². The minimum Gasteiger partial charge on any atom is -0.399 e. The molecule has 108 valence electrons. The molecule has 0 atom stereocenters. The van der Waals surface area contributed by atoms with Crippen LogP contribution in [0.3, 0.4) is 0 Å². The zero-order valence-electron chi connectivity index (χ0n) is 11.1. The van der Waals surface area contributed by atoms with Crippen LogP contribution in [0.25, 0.3) is 0 Å². The average Bonchev–Trinajstić information content (AvgIpc) is 2.90. The second kappa shape index (κ2) is 6.53. The summed E-state index contributed by atoms with van der Waals surface area (Å²) < 4.78 is 28.3. The monoisotopic (exact) mass is 294 g/mol. The fraction of sp³-hybridized carbons (Fsp3) is 0.308. The van der Waals surface area contributed by atoms with E-state index in [2.05, 4.69) is 9.71 Å². The van der Waals surface area contributed by atoms with Crippen LogP contribution in [0, 0.1) is 0 Å². The summed E-state index contributed by atoms with van der Waals surface area (Å²) in [4.78, 5) is 3.93. The molecule has 1 aromatic heterocycles. The number of anilines is 1. The first kappa shape index (κ1) is 14.5. The maximum atomic E-state index is 11.9. The number of aryl methyl sites for hydroxylation is 1. The molecule has 1 aromatic carbocycles. The van der Waals surface area contributed by atoms with Crippen molar-refractivity contribution in [2.75, 3.05) is 12.3 Å². The Morgan fingerprint density at radius 3 is 2.65 bits per heavy atom. The number of nitrogen functional groups attached to an aromatic ring is 1. The van der Waals surface area contributed by atoms with Gasteiger partial charge in [-0.05, 0) is 24.1 Å². The lowest BCUT2D eigenvalue weighted by Crippen LogP contribution is -2.26. The van der Waals surface area contributed by atoms with Crippen LogP contribution in [0.1, 0.15) is 12.0 Å². The van der Waals surface area contributed by atoms with E-state index in [4.69, 9.17) is 5.73 Å². The fourth-order valence-electron chi connectivity index (χ4n) is 1.79. The lowest BCUT2D eigenvalue weighted by atomic mass is 10.2. The van der Waals surface area contributed by atoms with Gasteiger partial charge in [-0.3, -0.25) is 0 Å². The molecule has 0 aliphatic rings. The van der Waals surface area contributed by atoms with Crippen molar-refractivity contribution < 1.29 is 8.42 Å². The number of nitrogens with two attached hydrogens (primary N) is 1. The van der Waals surface area contributed by atoms with Crippen LogP contribution >= 0.6 is 0 Å². The van der Waals surface area contributed by atoms with Gasteiger partial charge in [-0.15, -0.1) is 0 Å². The molecule has 1 heterocycles. The Morgan fingerprint density at radius 2 is 2.00 bits per heavy atom. The van der Waals surface area contributed by atoms with Crippen LogP contribution in [0.15, 0.2) is 43.0 Å². The molecule has 0 radical (unpaired) electrons. The number of hydrogen-bond donors (Lipinski definition) is 2. The van der Waals surface area contributed by atoms with Crippen LogP contribution in [0.4, 0.5) is 5.69 Å². The lowest BCUT2D eigenvalue weighted by molar-refractivity contribution is 0.569. The topological polar surface area (TPSA) is 90.0 Å².